The molecule has 0 spiro atoms. The number of aryl methyl sites for hydroxylation is 2. The maximum atomic E-state index is 6.45. The van der Waals surface area contributed by atoms with Crippen LogP contribution < -0.4 is 4.74 Å². The maximum Gasteiger partial charge on any atom is 2.00 e. The molecule has 7 rings (SSSR count). The van der Waals surface area contributed by atoms with Crippen LogP contribution in [-0.4, -0.2) is 19.3 Å². The molecule has 0 aliphatic carbocycles. The topological polar surface area (TPSA) is 44.9 Å². The Morgan fingerprint density at radius 2 is 1.60 bits per heavy atom. The molecule has 0 radical (unpaired) electrons. The van der Waals surface area contributed by atoms with E-state index in [0.717, 1.165) is 56.9 Å². The van der Waals surface area contributed by atoms with Gasteiger partial charge < -0.3 is 9.30 Å². The Bertz CT molecular complexity index is 2200. The third-order valence-corrected chi connectivity index (χ3v) is 9.20. The zero-order valence-corrected chi connectivity index (χ0v) is 29.9. The van der Waals surface area contributed by atoms with Crippen LogP contribution in [0.1, 0.15) is 56.1 Å². The Balaban J connectivity index is 0.00000386. The summed E-state index contributed by atoms with van der Waals surface area (Å²) in [7, 11) is 0. The SMILES string of the molecule is CCc1ccnc(-n2c3[c-]c(Oc4[c-]c(-n5nc(C)c(-c6ccccc6)c5C)ccc4)ccc3c3cc(C(C)C(C)C)ccc32)c1.[Pt+2]. The van der Waals surface area contributed by atoms with E-state index in [4.69, 9.17) is 14.8 Å². The molecule has 6 heteroatoms. The molecule has 0 aliphatic heterocycles. The summed E-state index contributed by atoms with van der Waals surface area (Å²) >= 11 is 0. The fourth-order valence-corrected chi connectivity index (χ4v) is 6.35. The first-order valence-electron chi connectivity index (χ1n) is 16.1. The number of pyridine rings is 1. The Hall–Kier alpha value is -4.47. The molecule has 4 aromatic carbocycles. The van der Waals surface area contributed by atoms with E-state index in [1.807, 2.05) is 48.1 Å². The van der Waals surface area contributed by atoms with Gasteiger partial charge in [0.2, 0.25) is 0 Å². The van der Waals surface area contributed by atoms with Crippen LogP contribution >= 0.6 is 0 Å². The van der Waals surface area contributed by atoms with Gasteiger partial charge in [0, 0.05) is 34.5 Å². The minimum absolute atomic E-state index is 0. The first-order chi connectivity index (χ1) is 22.3. The third kappa shape index (κ3) is 6.05. The van der Waals surface area contributed by atoms with Crippen LogP contribution in [0.5, 0.6) is 11.5 Å². The van der Waals surface area contributed by atoms with Crippen LogP contribution in [0, 0.1) is 31.9 Å². The van der Waals surface area contributed by atoms with Crippen molar-refractivity contribution in [2.24, 2.45) is 5.92 Å². The third-order valence-electron chi connectivity index (χ3n) is 9.20. The van der Waals surface area contributed by atoms with Crippen LogP contribution in [0.2, 0.25) is 0 Å². The van der Waals surface area contributed by atoms with E-state index in [0.29, 0.717) is 23.3 Å². The standard InChI is InChI=1S/C41H38N4O.Pt/c1-7-30-20-21-42-40(22-30)44-38-19-16-32(27(4)26(2)3)23-37(38)36-18-17-35(25-39(36)44)46-34-15-11-14-33(24-34)45-29(6)41(28(5)43-45)31-12-9-8-10-13-31;/h8-23,26-27H,7H2,1-6H3;/q-2;+2. The van der Waals surface area contributed by atoms with Crippen molar-refractivity contribution in [3.63, 3.8) is 0 Å². The molecule has 5 nitrogen and oxygen atoms in total. The molecule has 3 heterocycles. The average molecular weight is 798 g/mol. The summed E-state index contributed by atoms with van der Waals surface area (Å²) in [4.78, 5) is 4.80. The van der Waals surface area contributed by atoms with E-state index < -0.39 is 0 Å². The molecule has 0 bridgehead atoms. The summed E-state index contributed by atoms with van der Waals surface area (Å²) in [5.74, 6) is 3.09. The Kier molecular flexibility index (Phi) is 9.21. The predicted molar refractivity (Wildman–Crippen MR) is 187 cm³/mol. The number of hydrogen-bond acceptors (Lipinski definition) is 3. The minimum Gasteiger partial charge on any atom is -0.509 e. The molecule has 0 saturated heterocycles. The summed E-state index contributed by atoms with van der Waals surface area (Å²) < 4.78 is 10.6. The Labute approximate surface area is 291 Å². The minimum atomic E-state index is 0. The molecule has 3 aromatic heterocycles. The van der Waals surface area contributed by atoms with E-state index in [1.165, 1.54) is 16.5 Å². The fourth-order valence-electron chi connectivity index (χ4n) is 6.35. The van der Waals surface area contributed by atoms with Gasteiger partial charge in [0.05, 0.1) is 5.69 Å². The zero-order valence-electron chi connectivity index (χ0n) is 27.6. The van der Waals surface area contributed by atoms with Gasteiger partial charge in [-0.25, -0.2) is 4.98 Å². The quantitative estimate of drug-likeness (QED) is 0.144. The molecule has 0 amide bonds. The average Bonchev–Trinajstić information content (AvgIpc) is 3.56. The van der Waals surface area contributed by atoms with Crippen molar-refractivity contribution >= 4 is 21.8 Å². The molecule has 238 valence electrons. The van der Waals surface area contributed by atoms with E-state index >= 15 is 0 Å². The van der Waals surface area contributed by atoms with Crippen molar-refractivity contribution in [1.29, 1.82) is 0 Å². The Morgan fingerprint density at radius 3 is 2.36 bits per heavy atom. The Morgan fingerprint density at radius 1 is 0.809 bits per heavy atom. The molecular weight excluding hydrogens is 760 g/mol. The second-order valence-electron chi connectivity index (χ2n) is 12.4. The van der Waals surface area contributed by atoms with Crippen LogP contribution in [-0.2, 0) is 27.5 Å². The second-order valence-corrected chi connectivity index (χ2v) is 12.4. The van der Waals surface area contributed by atoms with Gasteiger partial charge in [-0.2, -0.15) is 17.2 Å². The van der Waals surface area contributed by atoms with Crippen LogP contribution in [0.25, 0.3) is 44.4 Å². The molecule has 0 fully saturated rings. The monoisotopic (exact) mass is 797 g/mol. The molecule has 7 aromatic rings. The molecule has 1 atom stereocenters. The molecule has 1 unspecified atom stereocenters. The number of aromatic nitrogens is 4. The van der Waals surface area contributed by atoms with E-state index in [1.54, 1.807) is 0 Å². The number of benzene rings is 4. The number of nitrogens with zero attached hydrogens (tertiary/aromatic N) is 4. The van der Waals surface area contributed by atoms with Gasteiger partial charge in [-0.3, -0.25) is 4.68 Å². The summed E-state index contributed by atoms with van der Waals surface area (Å²) in [6, 6.07) is 38.6. The van der Waals surface area contributed by atoms with Crippen molar-refractivity contribution < 1.29 is 25.8 Å². The van der Waals surface area contributed by atoms with Crippen molar-refractivity contribution in [1.82, 2.24) is 19.3 Å². The van der Waals surface area contributed by atoms with Crippen molar-refractivity contribution in [2.75, 3.05) is 0 Å². The molecule has 0 aliphatic rings. The van der Waals surface area contributed by atoms with Crippen molar-refractivity contribution in [3.05, 3.63) is 132 Å². The van der Waals surface area contributed by atoms with Crippen LogP contribution in [0.4, 0.5) is 0 Å². The van der Waals surface area contributed by atoms with E-state index in [-0.39, 0.29) is 21.1 Å². The molecule has 0 N–H and O–H groups in total. The van der Waals surface area contributed by atoms with Gasteiger partial charge in [-0.1, -0.05) is 75.7 Å². The van der Waals surface area contributed by atoms with E-state index in [9.17, 15) is 0 Å². The van der Waals surface area contributed by atoms with Gasteiger partial charge in [0.1, 0.15) is 5.82 Å². The maximum absolute atomic E-state index is 6.45. The van der Waals surface area contributed by atoms with Gasteiger partial charge in [0.15, 0.2) is 0 Å². The van der Waals surface area contributed by atoms with E-state index in [2.05, 4.69) is 112 Å². The van der Waals surface area contributed by atoms with Crippen LogP contribution in [0.3, 0.4) is 0 Å². The van der Waals surface area contributed by atoms with Crippen molar-refractivity contribution in [2.45, 2.75) is 53.9 Å². The molecule has 0 saturated carbocycles. The van der Waals surface area contributed by atoms with Crippen LogP contribution in [0.15, 0.2) is 97.2 Å². The van der Waals surface area contributed by atoms with Gasteiger partial charge in [-0.05, 0) is 78.1 Å². The number of fused-ring (bicyclic) bond motifs is 3. The molecule has 47 heavy (non-hydrogen) atoms. The number of rotatable bonds is 8. The summed E-state index contributed by atoms with van der Waals surface area (Å²) in [5, 5.41) is 7.19. The van der Waals surface area contributed by atoms with Crippen molar-refractivity contribution in [3.8, 4) is 34.1 Å². The number of hydrogen-bond donors (Lipinski definition) is 0. The van der Waals surface area contributed by atoms with Gasteiger partial charge in [-0.15, -0.1) is 35.7 Å². The fraction of sp³-hybridized carbons (Fsp3) is 0.220. The molecular formula is C41H38N4OPt. The summed E-state index contributed by atoms with van der Waals surface area (Å²) in [5.41, 5.74) is 9.76. The smallest absolute Gasteiger partial charge is 0.509 e. The summed E-state index contributed by atoms with van der Waals surface area (Å²) in [6.07, 6.45) is 2.83. The van der Waals surface area contributed by atoms with Gasteiger partial charge >= 0.3 is 21.1 Å². The second kappa shape index (κ2) is 13.3. The first-order valence-corrected chi connectivity index (χ1v) is 16.1. The normalized spacial score (nSPS) is 12.1. The van der Waals surface area contributed by atoms with Gasteiger partial charge in [0.25, 0.3) is 0 Å². The zero-order chi connectivity index (χ0) is 31.9. The predicted octanol–water partition coefficient (Wildman–Crippen LogP) is 10.4. The largest absolute Gasteiger partial charge is 2.00 e. The number of ether oxygens (including phenoxy) is 1. The first kappa shape index (κ1) is 32.5. The summed E-state index contributed by atoms with van der Waals surface area (Å²) in [6.45, 7) is 13.2.